The van der Waals surface area contributed by atoms with Crippen LogP contribution in [0.2, 0.25) is 0 Å². The number of carbonyl (C=O) groups is 4. The zero-order valence-corrected chi connectivity index (χ0v) is 18.9. The van der Waals surface area contributed by atoms with Gasteiger partial charge in [0.05, 0.1) is 22.0 Å². The first-order valence-corrected chi connectivity index (χ1v) is 10.8. The van der Waals surface area contributed by atoms with Gasteiger partial charge >= 0.3 is 11.7 Å². The third-order valence-electron chi connectivity index (χ3n) is 4.37. The normalized spacial score (nSPS) is 14.3. The predicted molar refractivity (Wildman–Crippen MR) is 123 cm³/mol. The lowest BCUT2D eigenvalue weighted by Crippen LogP contribution is -2.36. The Balaban J connectivity index is 1.89. The van der Waals surface area contributed by atoms with Crippen LogP contribution >= 0.6 is 11.8 Å². The molecule has 0 atom stereocenters. The molecule has 1 fully saturated rings. The molecule has 0 aromatic heterocycles. The fourth-order valence-electron chi connectivity index (χ4n) is 3.03. The Morgan fingerprint density at radius 3 is 2.50 bits per heavy atom. The van der Waals surface area contributed by atoms with Crippen LogP contribution in [0.3, 0.4) is 0 Å². The van der Waals surface area contributed by atoms with E-state index >= 15 is 0 Å². The molecular formula is C22H19N3O8S. The molecule has 1 N–H and O–H groups in total. The summed E-state index contributed by atoms with van der Waals surface area (Å²) in [5.41, 5.74) is -0.0697. The van der Waals surface area contributed by atoms with E-state index in [2.05, 4.69) is 5.32 Å². The topological polar surface area (TPSA) is 145 Å². The molecule has 3 rings (SSSR count). The summed E-state index contributed by atoms with van der Waals surface area (Å²) in [5.74, 6) is -2.47. The van der Waals surface area contributed by atoms with Gasteiger partial charge in [-0.1, -0.05) is 18.2 Å². The van der Waals surface area contributed by atoms with Crippen LogP contribution in [0.1, 0.15) is 19.4 Å². The summed E-state index contributed by atoms with van der Waals surface area (Å²) in [6, 6.07) is 11.1. The smallest absolute Gasteiger partial charge is 0.322 e. The monoisotopic (exact) mass is 485 g/mol. The molecule has 2 aromatic rings. The first kappa shape index (κ1) is 24.5. The van der Waals surface area contributed by atoms with Crippen molar-refractivity contribution in [2.45, 2.75) is 13.8 Å². The largest absolute Gasteiger partial charge is 0.485 e. The number of nitro benzene ring substituents is 1. The number of carbonyl (C=O) groups excluding carboxylic acids is 4. The van der Waals surface area contributed by atoms with Crippen LogP contribution < -0.4 is 14.8 Å². The van der Waals surface area contributed by atoms with Gasteiger partial charge in [-0.3, -0.25) is 34.2 Å². The molecular weight excluding hydrogens is 466 g/mol. The highest BCUT2D eigenvalue weighted by Crippen LogP contribution is 2.42. The molecule has 1 saturated heterocycles. The van der Waals surface area contributed by atoms with Gasteiger partial charge in [0.2, 0.25) is 11.7 Å². The van der Waals surface area contributed by atoms with E-state index < -0.39 is 40.2 Å². The van der Waals surface area contributed by atoms with E-state index in [0.717, 1.165) is 17.9 Å². The number of nitro groups is 1. The van der Waals surface area contributed by atoms with Gasteiger partial charge in [0.1, 0.15) is 6.54 Å². The zero-order chi connectivity index (χ0) is 24.8. The number of anilines is 1. The Hall–Kier alpha value is -4.19. The first-order valence-electron chi connectivity index (χ1n) is 9.94. The van der Waals surface area contributed by atoms with Crippen molar-refractivity contribution in [3.8, 4) is 11.5 Å². The van der Waals surface area contributed by atoms with Crippen LogP contribution in [0, 0.1) is 10.1 Å². The predicted octanol–water partition coefficient (Wildman–Crippen LogP) is 3.59. The molecule has 1 aliphatic rings. The number of hydrogen-bond acceptors (Lipinski definition) is 9. The number of imide groups is 1. The van der Waals surface area contributed by atoms with Crippen molar-refractivity contribution in [3.05, 3.63) is 63.0 Å². The summed E-state index contributed by atoms with van der Waals surface area (Å²) in [4.78, 5) is 60.5. The molecule has 1 aliphatic heterocycles. The molecule has 12 heteroatoms. The molecule has 1 heterocycles. The van der Waals surface area contributed by atoms with Crippen molar-refractivity contribution in [1.29, 1.82) is 0 Å². The van der Waals surface area contributed by atoms with Gasteiger partial charge in [0.25, 0.3) is 11.1 Å². The lowest BCUT2D eigenvalue weighted by atomic mass is 10.1. The molecule has 3 amide bonds. The number of benzene rings is 2. The molecule has 11 nitrogen and oxygen atoms in total. The highest BCUT2D eigenvalue weighted by molar-refractivity contribution is 8.18. The van der Waals surface area contributed by atoms with E-state index in [0.29, 0.717) is 17.4 Å². The molecule has 0 bridgehead atoms. The Morgan fingerprint density at radius 1 is 1.18 bits per heavy atom. The summed E-state index contributed by atoms with van der Waals surface area (Å²) >= 11 is 0.549. The second-order valence-corrected chi connectivity index (χ2v) is 7.79. The van der Waals surface area contributed by atoms with E-state index in [9.17, 15) is 29.3 Å². The Kier molecular flexibility index (Phi) is 7.64. The minimum absolute atomic E-state index is 0.0383. The second-order valence-electron chi connectivity index (χ2n) is 6.80. The van der Waals surface area contributed by atoms with Crippen molar-refractivity contribution in [3.63, 3.8) is 0 Å². The molecule has 0 aliphatic carbocycles. The maximum atomic E-state index is 12.8. The zero-order valence-electron chi connectivity index (χ0n) is 18.1. The van der Waals surface area contributed by atoms with Gasteiger partial charge in [-0.2, -0.15) is 0 Å². The number of rotatable bonds is 8. The average Bonchev–Trinajstić information content (AvgIpc) is 3.03. The van der Waals surface area contributed by atoms with Crippen LogP contribution in [0.5, 0.6) is 11.5 Å². The van der Waals surface area contributed by atoms with Gasteiger partial charge < -0.3 is 14.8 Å². The summed E-state index contributed by atoms with van der Waals surface area (Å²) in [6.07, 6.45) is 1.16. The Bertz CT molecular complexity index is 1200. The molecule has 2 aromatic carbocycles. The Labute approximate surface area is 197 Å². The third-order valence-corrected chi connectivity index (χ3v) is 5.28. The van der Waals surface area contributed by atoms with Crippen molar-refractivity contribution in [2.75, 3.05) is 18.5 Å². The molecule has 176 valence electrons. The van der Waals surface area contributed by atoms with E-state index in [1.165, 1.54) is 12.1 Å². The van der Waals surface area contributed by atoms with E-state index in [-0.39, 0.29) is 28.6 Å². The number of amides is 3. The SMILES string of the molecule is CCOc1c(OC(C)=O)ccc(/C=C2\SC(=O)N(CC(=O)Nc3ccccc3)C2=O)c1[N+](=O)[O-]. The van der Waals surface area contributed by atoms with Crippen LogP contribution in [-0.2, 0) is 14.4 Å². The van der Waals surface area contributed by atoms with Crippen LogP contribution in [0.15, 0.2) is 47.4 Å². The van der Waals surface area contributed by atoms with E-state index in [1.54, 1.807) is 37.3 Å². The van der Waals surface area contributed by atoms with Crippen molar-refractivity contribution < 1.29 is 33.6 Å². The quantitative estimate of drug-likeness (QED) is 0.195. The van der Waals surface area contributed by atoms with Gasteiger partial charge in [-0.25, -0.2) is 0 Å². The van der Waals surface area contributed by atoms with Crippen LogP contribution in [0.4, 0.5) is 16.2 Å². The highest BCUT2D eigenvalue weighted by Gasteiger charge is 2.37. The standard InChI is InChI=1S/C22H19N3O8S/c1-3-32-20-16(33-13(2)26)10-9-14(19(20)25(30)31)11-17-21(28)24(22(29)34-17)12-18(27)23-15-7-5-4-6-8-15/h4-11H,3,12H2,1-2H3,(H,23,27)/b17-11-. The van der Waals surface area contributed by atoms with Gasteiger partial charge in [0, 0.05) is 12.6 Å². The molecule has 0 radical (unpaired) electrons. The average molecular weight is 485 g/mol. The third kappa shape index (κ3) is 5.59. The van der Waals surface area contributed by atoms with E-state index in [4.69, 9.17) is 9.47 Å². The minimum atomic E-state index is -0.769. The summed E-state index contributed by atoms with van der Waals surface area (Å²) < 4.78 is 10.3. The number of esters is 1. The fraction of sp³-hybridized carbons (Fsp3) is 0.182. The number of ether oxygens (including phenoxy) is 2. The lowest BCUT2D eigenvalue weighted by Gasteiger charge is -2.12. The van der Waals surface area contributed by atoms with Crippen molar-refractivity contribution in [1.82, 2.24) is 4.90 Å². The van der Waals surface area contributed by atoms with Gasteiger partial charge in [0.15, 0.2) is 5.75 Å². The van der Waals surface area contributed by atoms with Gasteiger partial charge in [-0.05, 0) is 49.0 Å². The van der Waals surface area contributed by atoms with Crippen LogP contribution in [-0.4, -0.2) is 46.0 Å². The molecule has 0 unspecified atom stereocenters. The summed E-state index contributed by atoms with van der Waals surface area (Å²) in [6.45, 7) is 2.26. The summed E-state index contributed by atoms with van der Waals surface area (Å²) in [7, 11) is 0. The number of para-hydroxylation sites is 1. The van der Waals surface area contributed by atoms with Gasteiger partial charge in [-0.15, -0.1) is 0 Å². The highest BCUT2D eigenvalue weighted by atomic mass is 32.2. The van der Waals surface area contributed by atoms with Crippen LogP contribution in [0.25, 0.3) is 6.08 Å². The first-order chi connectivity index (χ1) is 16.2. The fourth-order valence-corrected chi connectivity index (χ4v) is 3.86. The Morgan fingerprint density at radius 2 is 1.88 bits per heavy atom. The minimum Gasteiger partial charge on any atom is -0.485 e. The number of nitrogens with zero attached hydrogens (tertiary/aromatic N) is 2. The number of hydrogen-bond donors (Lipinski definition) is 1. The lowest BCUT2D eigenvalue weighted by molar-refractivity contribution is -0.386. The van der Waals surface area contributed by atoms with Crippen molar-refractivity contribution >= 4 is 52.2 Å². The molecule has 34 heavy (non-hydrogen) atoms. The number of thioether (sulfide) groups is 1. The summed E-state index contributed by atoms with van der Waals surface area (Å²) in [5, 5.41) is 13.7. The van der Waals surface area contributed by atoms with E-state index in [1.807, 2.05) is 0 Å². The van der Waals surface area contributed by atoms with Crippen molar-refractivity contribution in [2.24, 2.45) is 0 Å². The molecule has 0 saturated carbocycles. The molecule has 0 spiro atoms. The number of nitrogens with one attached hydrogen (secondary N) is 1. The maximum Gasteiger partial charge on any atom is 0.322 e. The maximum absolute atomic E-state index is 12.8. The second kappa shape index (κ2) is 10.6.